The van der Waals surface area contributed by atoms with E-state index < -0.39 is 0 Å². The van der Waals surface area contributed by atoms with E-state index in [-0.39, 0.29) is 6.04 Å². The first-order valence-electron chi connectivity index (χ1n) is 6.45. The monoisotopic (exact) mass is 289 g/mol. The van der Waals surface area contributed by atoms with Gasteiger partial charge in [0.05, 0.1) is 10.0 Å². The second-order valence-corrected chi connectivity index (χ2v) is 4.94. The van der Waals surface area contributed by atoms with Crippen molar-refractivity contribution in [2.45, 2.75) is 32.7 Å². The van der Waals surface area contributed by atoms with Gasteiger partial charge in [-0.1, -0.05) is 49.2 Å². The van der Waals surface area contributed by atoms with Crippen LogP contribution >= 0.6 is 23.2 Å². The summed E-state index contributed by atoms with van der Waals surface area (Å²) in [4.78, 5) is 0. The lowest BCUT2D eigenvalue weighted by Gasteiger charge is -2.20. The minimum absolute atomic E-state index is 0.193. The van der Waals surface area contributed by atoms with Crippen LogP contribution in [0.3, 0.4) is 0 Å². The van der Waals surface area contributed by atoms with Crippen LogP contribution in [-0.2, 0) is 4.74 Å². The summed E-state index contributed by atoms with van der Waals surface area (Å²) in [6, 6.07) is 5.95. The van der Waals surface area contributed by atoms with Crippen LogP contribution in [0, 0.1) is 0 Å². The molecule has 0 aliphatic rings. The highest BCUT2D eigenvalue weighted by Crippen LogP contribution is 2.31. The Bertz CT molecular complexity index is 358. The minimum Gasteiger partial charge on any atom is -0.381 e. The Morgan fingerprint density at radius 2 is 2.00 bits per heavy atom. The van der Waals surface area contributed by atoms with Crippen molar-refractivity contribution >= 4 is 23.2 Å². The Balaban J connectivity index is 2.68. The van der Waals surface area contributed by atoms with Crippen molar-refractivity contribution in [3.8, 4) is 0 Å². The normalized spacial score (nSPS) is 12.7. The van der Waals surface area contributed by atoms with Crippen LogP contribution in [-0.4, -0.2) is 19.8 Å². The van der Waals surface area contributed by atoms with Crippen molar-refractivity contribution in [1.82, 2.24) is 5.32 Å². The molecule has 4 heteroatoms. The van der Waals surface area contributed by atoms with E-state index >= 15 is 0 Å². The van der Waals surface area contributed by atoms with Gasteiger partial charge in [-0.3, -0.25) is 0 Å². The molecule has 1 atom stereocenters. The van der Waals surface area contributed by atoms with E-state index in [1.54, 1.807) is 0 Å². The molecule has 0 heterocycles. The summed E-state index contributed by atoms with van der Waals surface area (Å²) in [5.41, 5.74) is 1.05. The summed E-state index contributed by atoms with van der Waals surface area (Å²) in [5.74, 6) is 0. The molecule has 0 amide bonds. The third-order valence-electron chi connectivity index (χ3n) is 2.71. The maximum absolute atomic E-state index is 6.25. The molecule has 1 rings (SSSR count). The molecule has 2 nitrogen and oxygen atoms in total. The maximum atomic E-state index is 6.25. The Kier molecular flexibility index (Phi) is 7.68. The molecule has 1 N–H and O–H groups in total. The van der Waals surface area contributed by atoms with Crippen molar-refractivity contribution < 1.29 is 4.74 Å². The molecule has 0 spiro atoms. The predicted octanol–water partition coefficient (Wildman–Crippen LogP) is 4.46. The summed E-state index contributed by atoms with van der Waals surface area (Å²) >= 11 is 12.3. The van der Waals surface area contributed by atoms with Gasteiger partial charge in [-0.15, -0.1) is 0 Å². The third-order valence-corrected chi connectivity index (χ3v) is 3.54. The fourth-order valence-electron chi connectivity index (χ4n) is 1.85. The molecule has 0 aromatic heterocycles. The van der Waals surface area contributed by atoms with E-state index in [1.165, 1.54) is 0 Å². The largest absolute Gasteiger partial charge is 0.381 e. The molecule has 18 heavy (non-hydrogen) atoms. The maximum Gasteiger partial charge on any atom is 0.0640 e. The molecular formula is C14H21Cl2NO. The van der Waals surface area contributed by atoms with E-state index in [0.29, 0.717) is 10.0 Å². The van der Waals surface area contributed by atoms with Gasteiger partial charge in [0.15, 0.2) is 0 Å². The van der Waals surface area contributed by atoms with Crippen LogP contribution in [0.2, 0.25) is 10.0 Å². The molecule has 0 bridgehead atoms. The number of rotatable bonds is 8. The van der Waals surface area contributed by atoms with Crippen molar-refractivity contribution in [2.24, 2.45) is 0 Å². The van der Waals surface area contributed by atoms with Crippen LogP contribution in [0.15, 0.2) is 18.2 Å². The Hall–Kier alpha value is -0.280. The molecule has 0 fully saturated rings. The summed E-state index contributed by atoms with van der Waals surface area (Å²) in [6.07, 6.45) is 1.94. The molecule has 0 saturated carbocycles. The molecule has 0 aliphatic heterocycles. The molecule has 0 radical (unpaired) electrons. The fourth-order valence-corrected chi connectivity index (χ4v) is 2.29. The lowest BCUT2D eigenvalue weighted by Crippen LogP contribution is -2.22. The highest BCUT2D eigenvalue weighted by atomic mass is 35.5. The van der Waals surface area contributed by atoms with E-state index in [1.807, 2.05) is 18.2 Å². The second kappa shape index (κ2) is 8.76. The topological polar surface area (TPSA) is 21.3 Å². The summed E-state index contributed by atoms with van der Waals surface area (Å²) in [5, 5.41) is 4.66. The van der Waals surface area contributed by atoms with Gasteiger partial charge in [0.1, 0.15) is 0 Å². The van der Waals surface area contributed by atoms with Crippen molar-refractivity contribution in [1.29, 1.82) is 0 Å². The zero-order valence-electron chi connectivity index (χ0n) is 11.0. The quantitative estimate of drug-likeness (QED) is 0.714. The molecule has 1 aromatic carbocycles. The summed E-state index contributed by atoms with van der Waals surface area (Å²) in [7, 11) is 0. The highest BCUT2D eigenvalue weighted by molar-refractivity contribution is 6.42. The lowest BCUT2D eigenvalue weighted by atomic mass is 10.0. The van der Waals surface area contributed by atoms with Crippen LogP contribution < -0.4 is 5.32 Å². The van der Waals surface area contributed by atoms with Crippen LogP contribution in [0.1, 0.15) is 38.3 Å². The zero-order chi connectivity index (χ0) is 13.4. The van der Waals surface area contributed by atoms with Gasteiger partial charge in [-0.05, 0) is 31.0 Å². The van der Waals surface area contributed by atoms with Crippen molar-refractivity contribution in [3.63, 3.8) is 0 Å². The van der Waals surface area contributed by atoms with Gasteiger partial charge in [-0.25, -0.2) is 0 Å². The number of ether oxygens (including phenoxy) is 1. The smallest absolute Gasteiger partial charge is 0.0640 e. The first kappa shape index (κ1) is 15.8. The van der Waals surface area contributed by atoms with Gasteiger partial charge < -0.3 is 10.1 Å². The molecule has 0 saturated heterocycles. The first-order valence-corrected chi connectivity index (χ1v) is 7.21. The number of benzene rings is 1. The molecule has 1 aromatic rings. The van der Waals surface area contributed by atoms with E-state index in [0.717, 1.165) is 38.2 Å². The molecule has 102 valence electrons. The van der Waals surface area contributed by atoms with Gasteiger partial charge in [-0.2, -0.15) is 0 Å². The molecule has 1 unspecified atom stereocenters. The predicted molar refractivity (Wildman–Crippen MR) is 78.6 cm³/mol. The Morgan fingerprint density at radius 1 is 1.22 bits per heavy atom. The van der Waals surface area contributed by atoms with Crippen LogP contribution in [0.25, 0.3) is 0 Å². The van der Waals surface area contributed by atoms with Gasteiger partial charge in [0, 0.05) is 19.3 Å². The second-order valence-electron chi connectivity index (χ2n) is 4.15. The number of nitrogens with one attached hydrogen (secondary N) is 1. The minimum atomic E-state index is 0.193. The Morgan fingerprint density at radius 3 is 2.67 bits per heavy atom. The number of halogens is 2. The fraction of sp³-hybridized carbons (Fsp3) is 0.571. The molecular weight excluding hydrogens is 269 g/mol. The first-order chi connectivity index (χ1) is 8.70. The van der Waals surface area contributed by atoms with E-state index in [9.17, 15) is 0 Å². The van der Waals surface area contributed by atoms with E-state index in [4.69, 9.17) is 27.9 Å². The molecule has 0 aliphatic carbocycles. The van der Waals surface area contributed by atoms with Crippen molar-refractivity contribution in [2.75, 3.05) is 19.8 Å². The van der Waals surface area contributed by atoms with Gasteiger partial charge in [0.2, 0.25) is 0 Å². The highest BCUT2D eigenvalue weighted by Gasteiger charge is 2.15. The zero-order valence-corrected chi connectivity index (χ0v) is 12.5. The average molecular weight is 290 g/mol. The summed E-state index contributed by atoms with van der Waals surface area (Å²) in [6.45, 7) is 6.62. The number of hydrogen-bond donors (Lipinski definition) is 1. The number of hydrogen-bond acceptors (Lipinski definition) is 2. The van der Waals surface area contributed by atoms with Crippen molar-refractivity contribution in [3.05, 3.63) is 33.8 Å². The Labute approximate surface area is 120 Å². The summed E-state index contributed by atoms with van der Waals surface area (Å²) < 4.78 is 5.54. The van der Waals surface area contributed by atoms with Gasteiger partial charge >= 0.3 is 0 Å². The SMILES string of the molecule is CCCOCCC(NCC)c1cccc(Cl)c1Cl. The standard InChI is InChI=1S/C14H21Cl2NO/c1-3-9-18-10-8-13(17-4-2)11-6-5-7-12(15)14(11)16/h5-7,13,17H,3-4,8-10H2,1-2H3. The van der Waals surface area contributed by atoms with E-state index in [2.05, 4.69) is 19.2 Å². The van der Waals surface area contributed by atoms with Gasteiger partial charge in [0.25, 0.3) is 0 Å². The van der Waals surface area contributed by atoms with Crippen LogP contribution in [0.5, 0.6) is 0 Å². The van der Waals surface area contributed by atoms with Crippen LogP contribution in [0.4, 0.5) is 0 Å². The lowest BCUT2D eigenvalue weighted by molar-refractivity contribution is 0.124. The third kappa shape index (κ3) is 4.77. The average Bonchev–Trinajstić information content (AvgIpc) is 2.37.